The molecule has 0 unspecified atom stereocenters. The van der Waals surface area contributed by atoms with Gasteiger partial charge in [-0.25, -0.2) is 13.6 Å². The average molecular weight is 358 g/mol. The van der Waals surface area contributed by atoms with E-state index in [1.165, 1.54) is 7.11 Å². The van der Waals surface area contributed by atoms with Crippen molar-refractivity contribution < 1.29 is 23.4 Å². The topological polar surface area (TPSA) is 58.6 Å². The van der Waals surface area contributed by atoms with E-state index in [0.717, 1.165) is 12.1 Å². The van der Waals surface area contributed by atoms with Gasteiger partial charge in [0.15, 0.2) is 11.6 Å². The molecule has 0 spiro atoms. The van der Waals surface area contributed by atoms with Crippen LogP contribution >= 0.6 is 15.9 Å². The molecule has 0 amide bonds. The summed E-state index contributed by atoms with van der Waals surface area (Å²) in [6.45, 7) is 0. The molecule has 0 saturated heterocycles. The van der Waals surface area contributed by atoms with E-state index in [9.17, 15) is 13.6 Å². The SMILES string of the molecule is COc1ccc(Br)c(Nc2c(F)cc(C(=O)O)cc2F)c1. The number of carboxylic acids is 1. The summed E-state index contributed by atoms with van der Waals surface area (Å²) in [5.74, 6) is -2.89. The molecule has 0 fully saturated rings. The molecule has 0 aliphatic heterocycles. The highest BCUT2D eigenvalue weighted by Gasteiger charge is 2.16. The number of halogens is 3. The van der Waals surface area contributed by atoms with Crippen molar-refractivity contribution >= 4 is 33.3 Å². The number of nitrogens with one attached hydrogen (secondary N) is 1. The minimum absolute atomic E-state index is 0.384. The van der Waals surface area contributed by atoms with Crippen LogP contribution in [0.15, 0.2) is 34.8 Å². The third-order valence-corrected chi connectivity index (χ3v) is 3.41. The van der Waals surface area contributed by atoms with Crippen LogP contribution in [0.1, 0.15) is 10.4 Å². The van der Waals surface area contributed by atoms with Gasteiger partial charge in [-0.1, -0.05) is 0 Å². The molecular weight excluding hydrogens is 348 g/mol. The van der Waals surface area contributed by atoms with E-state index in [0.29, 0.717) is 15.9 Å². The molecule has 0 heterocycles. The smallest absolute Gasteiger partial charge is 0.335 e. The first kappa shape index (κ1) is 15.2. The maximum atomic E-state index is 13.9. The molecule has 0 saturated carbocycles. The van der Waals surface area contributed by atoms with E-state index in [2.05, 4.69) is 21.2 Å². The van der Waals surface area contributed by atoms with Gasteiger partial charge in [-0.2, -0.15) is 0 Å². The van der Waals surface area contributed by atoms with Crippen molar-refractivity contribution in [2.24, 2.45) is 0 Å². The lowest BCUT2D eigenvalue weighted by molar-refractivity contribution is 0.0696. The van der Waals surface area contributed by atoms with E-state index < -0.39 is 28.9 Å². The van der Waals surface area contributed by atoms with Crippen LogP contribution in [0.3, 0.4) is 0 Å². The predicted octanol–water partition coefficient (Wildman–Crippen LogP) is 4.18. The van der Waals surface area contributed by atoms with E-state index >= 15 is 0 Å². The molecular formula is C14H10BrF2NO3. The number of rotatable bonds is 4. The predicted molar refractivity (Wildman–Crippen MR) is 77.3 cm³/mol. The van der Waals surface area contributed by atoms with Gasteiger partial charge in [-0.15, -0.1) is 0 Å². The summed E-state index contributed by atoms with van der Waals surface area (Å²) in [6.07, 6.45) is 0. The number of hydrogen-bond acceptors (Lipinski definition) is 3. The highest BCUT2D eigenvalue weighted by molar-refractivity contribution is 9.10. The van der Waals surface area contributed by atoms with Gasteiger partial charge in [-0.05, 0) is 40.2 Å². The number of methoxy groups -OCH3 is 1. The van der Waals surface area contributed by atoms with E-state index in [4.69, 9.17) is 9.84 Å². The Kier molecular flexibility index (Phi) is 4.42. The van der Waals surface area contributed by atoms with Crippen LogP contribution < -0.4 is 10.1 Å². The summed E-state index contributed by atoms with van der Waals surface area (Å²) >= 11 is 3.25. The number of anilines is 2. The average Bonchev–Trinajstić information content (AvgIpc) is 2.44. The molecule has 0 aliphatic rings. The lowest BCUT2D eigenvalue weighted by Gasteiger charge is -2.12. The van der Waals surface area contributed by atoms with Crippen LogP contribution in [-0.2, 0) is 0 Å². The van der Waals surface area contributed by atoms with Crippen molar-refractivity contribution in [3.8, 4) is 5.75 Å². The number of hydrogen-bond donors (Lipinski definition) is 2. The highest BCUT2D eigenvalue weighted by Crippen LogP contribution is 2.32. The molecule has 0 radical (unpaired) electrons. The lowest BCUT2D eigenvalue weighted by atomic mass is 10.1. The Bertz CT molecular complexity index is 684. The molecule has 110 valence electrons. The zero-order valence-corrected chi connectivity index (χ0v) is 12.4. The Morgan fingerprint density at radius 1 is 1.24 bits per heavy atom. The Morgan fingerprint density at radius 2 is 1.86 bits per heavy atom. The van der Waals surface area contributed by atoms with Gasteiger partial charge in [0.1, 0.15) is 11.4 Å². The van der Waals surface area contributed by atoms with Crippen molar-refractivity contribution in [1.29, 1.82) is 0 Å². The molecule has 0 atom stereocenters. The van der Waals surface area contributed by atoms with Crippen molar-refractivity contribution in [3.05, 3.63) is 52.0 Å². The summed E-state index contributed by atoms with van der Waals surface area (Å²) in [6, 6.07) is 6.38. The van der Waals surface area contributed by atoms with Crippen molar-refractivity contribution in [3.63, 3.8) is 0 Å². The number of ether oxygens (including phenoxy) is 1. The first-order valence-electron chi connectivity index (χ1n) is 5.75. The monoisotopic (exact) mass is 357 g/mol. The maximum absolute atomic E-state index is 13.9. The zero-order valence-electron chi connectivity index (χ0n) is 10.8. The van der Waals surface area contributed by atoms with Crippen LogP contribution in [0.5, 0.6) is 5.75 Å². The summed E-state index contributed by atoms with van der Waals surface area (Å²) in [4.78, 5) is 10.7. The minimum atomic E-state index is -1.40. The van der Waals surface area contributed by atoms with Crippen molar-refractivity contribution in [1.82, 2.24) is 0 Å². The van der Waals surface area contributed by atoms with E-state index in [1.807, 2.05) is 0 Å². The fraction of sp³-hybridized carbons (Fsp3) is 0.0714. The van der Waals surface area contributed by atoms with Gasteiger partial charge in [-0.3, -0.25) is 0 Å². The molecule has 0 bridgehead atoms. The van der Waals surface area contributed by atoms with Crippen molar-refractivity contribution in [2.75, 3.05) is 12.4 Å². The van der Waals surface area contributed by atoms with Gasteiger partial charge in [0.05, 0.1) is 18.4 Å². The van der Waals surface area contributed by atoms with Gasteiger partial charge in [0, 0.05) is 10.5 Å². The quantitative estimate of drug-likeness (QED) is 0.861. The summed E-state index contributed by atoms with van der Waals surface area (Å²) in [7, 11) is 1.47. The van der Waals surface area contributed by atoms with Gasteiger partial charge < -0.3 is 15.2 Å². The molecule has 7 heteroatoms. The van der Waals surface area contributed by atoms with Crippen LogP contribution in [0.4, 0.5) is 20.2 Å². The molecule has 2 aromatic carbocycles. The maximum Gasteiger partial charge on any atom is 0.335 e. The molecule has 2 rings (SSSR count). The number of carbonyl (C=O) groups is 1. The third kappa shape index (κ3) is 3.30. The second kappa shape index (κ2) is 6.09. The molecule has 0 aromatic heterocycles. The number of carboxylic acid groups (broad SMARTS) is 1. The normalized spacial score (nSPS) is 10.3. The van der Waals surface area contributed by atoms with E-state index in [-0.39, 0.29) is 0 Å². The first-order valence-corrected chi connectivity index (χ1v) is 6.54. The number of aromatic carboxylic acids is 1. The van der Waals surface area contributed by atoms with Crippen LogP contribution in [0.25, 0.3) is 0 Å². The largest absolute Gasteiger partial charge is 0.497 e. The first-order chi connectivity index (χ1) is 9.92. The molecule has 2 aromatic rings. The summed E-state index contributed by atoms with van der Waals surface area (Å²) in [5, 5.41) is 11.3. The van der Waals surface area contributed by atoms with Crippen LogP contribution in [0, 0.1) is 11.6 Å². The van der Waals surface area contributed by atoms with Gasteiger partial charge >= 0.3 is 5.97 Å². The Morgan fingerprint density at radius 3 is 2.38 bits per heavy atom. The molecule has 0 aliphatic carbocycles. The second-order valence-corrected chi connectivity index (χ2v) is 4.95. The Hall–Kier alpha value is -2.15. The fourth-order valence-corrected chi connectivity index (χ4v) is 2.02. The summed E-state index contributed by atoms with van der Waals surface area (Å²) < 4.78 is 33.3. The molecule has 4 nitrogen and oxygen atoms in total. The standard InChI is InChI=1S/C14H10BrF2NO3/c1-21-8-2-3-9(15)12(6-8)18-13-10(16)4-7(14(19)20)5-11(13)17/h2-6,18H,1H3,(H,19,20). The highest BCUT2D eigenvalue weighted by atomic mass is 79.9. The van der Waals surface area contributed by atoms with Gasteiger partial charge in [0.2, 0.25) is 0 Å². The van der Waals surface area contributed by atoms with Crippen LogP contribution in [-0.4, -0.2) is 18.2 Å². The second-order valence-electron chi connectivity index (χ2n) is 4.09. The van der Waals surface area contributed by atoms with Crippen molar-refractivity contribution in [2.45, 2.75) is 0 Å². The Labute approximate surface area is 127 Å². The lowest BCUT2D eigenvalue weighted by Crippen LogP contribution is -2.03. The molecule has 21 heavy (non-hydrogen) atoms. The van der Waals surface area contributed by atoms with Gasteiger partial charge in [0.25, 0.3) is 0 Å². The van der Waals surface area contributed by atoms with Crippen LogP contribution in [0.2, 0.25) is 0 Å². The summed E-state index contributed by atoms with van der Waals surface area (Å²) in [5.41, 5.74) is -0.510. The molecule has 2 N–H and O–H groups in total. The zero-order chi connectivity index (χ0) is 15.6. The number of benzene rings is 2. The van der Waals surface area contributed by atoms with E-state index in [1.54, 1.807) is 18.2 Å². The Balaban J connectivity index is 2.42. The third-order valence-electron chi connectivity index (χ3n) is 2.72. The minimum Gasteiger partial charge on any atom is -0.497 e. The fourth-order valence-electron chi connectivity index (χ4n) is 1.68.